The molecular formula is C17H22N2O4S2. The molecule has 0 aliphatic carbocycles. The molecule has 1 N–H and O–H groups in total. The summed E-state index contributed by atoms with van der Waals surface area (Å²) in [5, 5.41) is 0. The minimum absolute atomic E-state index is 0.00912. The van der Waals surface area contributed by atoms with Gasteiger partial charge in [-0.15, -0.1) is 0 Å². The van der Waals surface area contributed by atoms with E-state index in [0.29, 0.717) is 5.69 Å². The van der Waals surface area contributed by atoms with Gasteiger partial charge in [0.15, 0.2) is 0 Å². The van der Waals surface area contributed by atoms with Crippen LogP contribution in [0.4, 0.5) is 5.69 Å². The molecule has 0 fully saturated rings. The first-order chi connectivity index (χ1) is 11.6. The summed E-state index contributed by atoms with van der Waals surface area (Å²) >= 11 is 0. The first kappa shape index (κ1) is 19.4. The zero-order valence-electron chi connectivity index (χ0n) is 14.4. The van der Waals surface area contributed by atoms with Gasteiger partial charge in [-0.2, -0.15) is 0 Å². The Morgan fingerprint density at radius 1 is 0.920 bits per heavy atom. The van der Waals surface area contributed by atoms with Crippen LogP contribution in [0.1, 0.15) is 11.1 Å². The molecule has 0 saturated heterocycles. The second-order valence-corrected chi connectivity index (χ2v) is 9.44. The van der Waals surface area contributed by atoms with Crippen molar-refractivity contribution in [1.82, 2.24) is 4.72 Å². The number of rotatable bonds is 7. The third kappa shape index (κ3) is 4.81. The van der Waals surface area contributed by atoms with E-state index in [-0.39, 0.29) is 18.0 Å². The molecule has 6 nitrogen and oxygen atoms in total. The first-order valence-corrected chi connectivity index (χ1v) is 11.0. The Morgan fingerprint density at radius 3 is 2.16 bits per heavy atom. The lowest BCUT2D eigenvalue weighted by Crippen LogP contribution is -2.38. The highest BCUT2D eigenvalue weighted by Gasteiger charge is 2.21. The van der Waals surface area contributed by atoms with Gasteiger partial charge in [0.2, 0.25) is 20.0 Å². The summed E-state index contributed by atoms with van der Waals surface area (Å²) in [6.07, 6.45) is 1.11. The second kappa shape index (κ2) is 7.55. The van der Waals surface area contributed by atoms with Crippen LogP contribution in [0, 0.1) is 13.8 Å². The zero-order chi connectivity index (χ0) is 18.7. The highest BCUT2D eigenvalue weighted by Crippen LogP contribution is 2.24. The van der Waals surface area contributed by atoms with Gasteiger partial charge in [0.05, 0.1) is 16.8 Å². The van der Waals surface area contributed by atoms with Crippen LogP contribution < -0.4 is 9.03 Å². The van der Waals surface area contributed by atoms with Gasteiger partial charge < -0.3 is 0 Å². The molecule has 0 unspecified atom stereocenters. The lowest BCUT2D eigenvalue weighted by atomic mass is 10.1. The number of nitrogens with zero attached hydrogens (tertiary/aromatic N) is 1. The Labute approximate surface area is 149 Å². The molecule has 0 aliphatic heterocycles. The van der Waals surface area contributed by atoms with E-state index in [1.54, 1.807) is 30.3 Å². The van der Waals surface area contributed by atoms with Gasteiger partial charge in [-0.1, -0.05) is 30.3 Å². The normalized spacial score (nSPS) is 12.1. The molecular weight excluding hydrogens is 360 g/mol. The van der Waals surface area contributed by atoms with Crippen LogP contribution in [0.15, 0.2) is 53.4 Å². The summed E-state index contributed by atoms with van der Waals surface area (Å²) in [5.74, 6) is 0. The van der Waals surface area contributed by atoms with Crippen molar-refractivity contribution in [2.24, 2.45) is 0 Å². The maximum Gasteiger partial charge on any atom is 0.240 e. The molecule has 0 spiro atoms. The van der Waals surface area contributed by atoms with Crippen molar-refractivity contribution in [2.45, 2.75) is 18.7 Å². The number of hydrogen-bond acceptors (Lipinski definition) is 4. The highest BCUT2D eigenvalue weighted by molar-refractivity contribution is 7.92. The number of aryl methyl sites for hydroxylation is 1. The molecule has 0 heterocycles. The van der Waals surface area contributed by atoms with Crippen LogP contribution in [0.25, 0.3) is 0 Å². The number of anilines is 1. The van der Waals surface area contributed by atoms with E-state index < -0.39 is 20.0 Å². The van der Waals surface area contributed by atoms with Gasteiger partial charge in [0, 0.05) is 13.1 Å². The smallest absolute Gasteiger partial charge is 0.240 e. The molecule has 0 saturated carbocycles. The third-order valence-electron chi connectivity index (χ3n) is 3.91. The monoisotopic (exact) mass is 382 g/mol. The van der Waals surface area contributed by atoms with Gasteiger partial charge in [0.25, 0.3) is 0 Å². The maximum absolute atomic E-state index is 12.2. The molecule has 0 radical (unpaired) electrons. The number of hydrogen-bond donors (Lipinski definition) is 1. The summed E-state index contributed by atoms with van der Waals surface area (Å²) in [6.45, 7) is 3.72. The molecule has 0 aromatic heterocycles. The lowest BCUT2D eigenvalue weighted by Gasteiger charge is -2.25. The van der Waals surface area contributed by atoms with Crippen molar-refractivity contribution in [3.8, 4) is 0 Å². The van der Waals surface area contributed by atoms with E-state index in [4.69, 9.17) is 0 Å². The van der Waals surface area contributed by atoms with Crippen molar-refractivity contribution in [3.63, 3.8) is 0 Å². The van der Waals surface area contributed by atoms with Crippen LogP contribution in [-0.4, -0.2) is 36.2 Å². The molecule has 136 valence electrons. The first-order valence-electron chi connectivity index (χ1n) is 7.71. The number of sulfonamides is 2. The summed E-state index contributed by atoms with van der Waals surface area (Å²) in [5.41, 5.74) is 2.37. The van der Waals surface area contributed by atoms with Gasteiger partial charge in [-0.3, -0.25) is 4.31 Å². The van der Waals surface area contributed by atoms with E-state index in [1.807, 2.05) is 19.9 Å². The number of benzene rings is 2. The summed E-state index contributed by atoms with van der Waals surface area (Å²) in [7, 11) is -7.21. The molecule has 0 bridgehead atoms. The standard InChI is InChI=1S/C17H22N2O4S2/c1-14-8-7-11-17(15(14)2)19(24(3,20)21)13-12-18-25(22,23)16-9-5-4-6-10-16/h4-11,18H,12-13H2,1-3H3. The van der Waals surface area contributed by atoms with Crippen LogP contribution in [0.3, 0.4) is 0 Å². The van der Waals surface area contributed by atoms with Gasteiger partial charge >= 0.3 is 0 Å². The van der Waals surface area contributed by atoms with E-state index >= 15 is 0 Å². The quantitative estimate of drug-likeness (QED) is 0.794. The molecule has 0 aliphatic rings. The van der Waals surface area contributed by atoms with E-state index in [0.717, 1.165) is 17.4 Å². The fourth-order valence-electron chi connectivity index (χ4n) is 2.44. The topological polar surface area (TPSA) is 83.6 Å². The predicted octanol–water partition coefficient (Wildman–Crippen LogP) is 2.05. The summed E-state index contributed by atoms with van der Waals surface area (Å²) in [4.78, 5) is 0.146. The van der Waals surface area contributed by atoms with Crippen LogP contribution in [0.5, 0.6) is 0 Å². The van der Waals surface area contributed by atoms with Crippen molar-refractivity contribution in [1.29, 1.82) is 0 Å². The summed E-state index contributed by atoms with van der Waals surface area (Å²) < 4.78 is 52.5. The molecule has 8 heteroatoms. The third-order valence-corrected chi connectivity index (χ3v) is 6.56. The Kier molecular flexibility index (Phi) is 5.87. The molecule has 0 amide bonds. The fraction of sp³-hybridized carbons (Fsp3) is 0.294. The minimum atomic E-state index is -3.67. The Balaban J connectivity index is 2.19. The highest BCUT2D eigenvalue weighted by atomic mass is 32.2. The average molecular weight is 383 g/mol. The van der Waals surface area contributed by atoms with Crippen molar-refractivity contribution < 1.29 is 16.8 Å². The van der Waals surface area contributed by atoms with E-state index in [2.05, 4.69) is 4.72 Å². The summed E-state index contributed by atoms with van der Waals surface area (Å²) in [6, 6.07) is 13.4. The Bertz CT molecular complexity index is 940. The molecule has 2 aromatic carbocycles. The molecule has 0 atom stereocenters. The predicted molar refractivity (Wildman–Crippen MR) is 99.7 cm³/mol. The van der Waals surface area contributed by atoms with Gasteiger partial charge in [-0.05, 0) is 43.2 Å². The van der Waals surface area contributed by atoms with Gasteiger partial charge in [-0.25, -0.2) is 21.6 Å². The lowest BCUT2D eigenvalue weighted by molar-refractivity contribution is 0.578. The van der Waals surface area contributed by atoms with Crippen molar-refractivity contribution in [3.05, 3.63) is 59.7 Å². The Morgan fingerprint density at radius 2 is 1.56 bits per heavy atom. The average Bonchev–Trinajstić information content (AvgIpc) is 2.54. The molecule has 2 rings (SSSR count). The zero-order valence-corrected chi connectivity index (χ0v) is 16.1. The fourth-order valence-corrected chi connectivity index (χ4v) is 4.46. The van der Waals surface area contributed by atoms with Crippen molar-refractivity contribution >= 4 is 25.7 Å². The van der Waals surface area contributed by atoms with E-state index in [1.165, 1.54) is 16.4 Å². The largest absolute Gasteiger partial charge is 0.269 e. The molecule has 25 heavy (non-hydrogen) atoms. The van der Waals surface area contributed by atoms with Crippen molar-refractivity contribution in [2.75, 3.05) is 23.7 Å². The van der Waals surface area contributed by atoms with Crippen LogP contribution in [0.2, 0.25) is 0 Å². The second-order valence-electron chi connectivity index (χ2n) is 5.76. The SMILES string of the molecule is Cc1cccc(N(CCNS(=O)(=O)c2ccccc2)S(C)(=O)=O)c1C. The Hall–Kier alpha value is -1.90. The minimum Gasteiger partial charge on any atom is -0.269 e. The van der Waals surface area contributed by atoms with E-state index in [9.17, 15) is 16.8 Å². The van der Waals surface area contributed by atoms with Crippen LogP contribution >= 0.6 is 0 Å². The number of nitrogens with one attached hydrogen (secondary N) is 1. The molecule has 2 aromatic rings. The maximum atomic E-state index is 12.2. The van der Waals surface area contributed by atoms with Crippen LogP contribution in [-0.2, 0) is 20.0 Å². The van der Waals surface area contributed by atoms with Gasteiger partial charge in [0.1, 0.15) is 0 Å².